The number of hydrogen-bond acceptors (Lipinski definition) is 3. The van der Waals surface area contributed by atoms with E-state index in [0.29, 0.717) is 30.6 Å². The zero-order chi connectivity index (χ0) is 18.1. The van der Waals surface area contributed by atoms with E-state index in [1.165, 1.54) is 0 Å². The van der Waals surface area contributed by atoms with E-state index in [2.05, 4.69) is 10.6 Å². The molecule has 0 aliphatic heterocycles. The lowest BCUT2D eigenvalue weighted by Crippen LogP contribution is -2.26. The Morgan fingerprint density at radius 1 is 0.880 bits per heavy atom. The molecule has 0 spiro atoms. The van der Waals surface area contributed by atoms with Crippen molar-refractivity contribution < 1.29 is 14.3 Å². The van der Waals surface area contributed by atoms with Gasteiger partial charge in [-0.15, -0.1) is 0 Å². The van der Waals surface area contributed by atoms with Gasteiger partial charge in [-0.2, -0.15) is 0 Å². The van der Waals surface area contributed by atoms with Gasteiger partial charge in [-0.3, -0.25) is 9.59 Å². The van der Waals surface area contributed by atoms with E-state index in [1.807, 2.05) is 31.2 Å². The lowest BCUT2D eigenvalue weighted by atomic mass is 10.1. The van der Waals surface area contributed by atoms with Crippen molar-refractivity contribution in [3.63, 3.8) is 0 Å². The number of nitrogens with one attached hydrogen (secondary N) is 2. The summed E-state index contributed by atoms with van der Waals surface area (Å²) < 4.78 is 5.30. The van der Waals surface area contributed by atoms with Crippen LogP contribution in [0.25, 0.3) is 0 Å². The SMILES string of the molecule is CCCNC(=O)c1ccc(C(=O)NCCc2ccccc2OC)cc1. The number of methoxy groups -OCH3 is 1. The van der Waals surface area contributed by atoms with Crippen LogP contribution in [0, 0.1) is 0 Å². The molecule has 0 aliphatic rings. The molecule has 5 nitrogen and oxygen atoms in total. The summed E-state index contributed by atoms with van der Waals surface area (Å²) in [7, 11) is 1.63. The highest BCUT2D eigenvalue weighted by molar-refractivity contribution is 5.97. The molecule has 0 radical (unpaired) electrons. The molecule has 0 aromatic heterocycles. The van der Waals surface area contributed by atoms with Crippen LogP contribution in [-0.2, 0) is 6.42 Å². The van der Waals surface area contributed by atoms with E-state index in [-0.39, 0.29) is 11.8 Å². The van der Waals surface area contributed by atoms with Gasteiger partial charge < -0.3 is 15.4 Å². The molecule has 0 unspecified atom stereocenters. The van der Waals surface area contributed by atoms with Crippen LogP contribution in [-0.4, -0.2) is 32.0 Å². The Morgan fingerprint density at radius 3 is 2.00 bits per heavy atom. The highest BCUT2D eigenvalue weighted by Crippen LogP contribution is 2.17. The van der Waals surface area contributed by atoms with Crippen molar-refractivity contribution in [1.82, 2.24) is 10.6 Å². The highest BCUT2D eigenvalue weighted by atomic mass is 16.5. The van der Waals surface area contributed by atoms with Crippen LogP contribution in [0.2, 0.25) is 0 Å². The van der Waals surface area contributed by atoms with E-state index in [0.717, 1.165) is 17.7 Å². The van der Waals surface area contributed by atoms with Crippen molar-refractivity contribution >= 4 is 11.8 Å². The molecule has 2 aromatic rings. The van der Waals surface area contributed by atoms with Gasteiger partial charge in [-0.1, -0.05) is 25.1 Å². The molecular weight excluding hydrogens is 316 g/mol. The van der Waals surface area contributed by atoms with Gasteiger partial charge in [0, 0.05) is 24.2 Å². The normalized spacial score (nSPS) is 10.2. The van der Waals surface area contributed by atoms with E-state index >= 15 is 0 Å². The van der Waals surface area contributed by atoms with Crippen molar-refractivity contribution in [3.8, 4) is 5.75 Å². The van der Waals surface area contributed by atoms with E-state index in [1.54, 1.807) is 31.4 Å². The van der Waals surface area contributed by atoms with Crippen molar-refractivity contribution in [1.29, 1.82) is 0 Å². The molecule has 0 saturated carbocycles. The first-order valence-electron chi connectivity index (χ1n) is 8.44. The molecule has 0 heterocycles. The minimum atomic E-state index is -0.157. The predicted molar refractivity (Wildman–Crippen MR) is 98.1 cm³/mol. The number of benzene rings is 2. The number of para-hydroxylation sites is 1. The molecule has 0 atom stereocenters. The van der Waals surface area contributed by atoms with Crippen molar-refractivity contribution in [3.05, 3.63) is 65.2 Å². The first-order chi connectivity index (χ1) is 12.2. The highest BCUT2D eigenvalue weighted by Gasteiger charge is 2.09. The monoisotopic (exact) mass is 340 g/mol. The van der Waals surface area contributed by atoms with Crippen LogP contribution in [0.1, 0.15) is 39.6 Å². The third kappa shape index (κ3) is 5.35. The van der Waals surface area contributed by atoms with E-state index < -0.39 is 0 Å². The Hall–Kier alpha value is -2.82. The minimum absolute atomic E-state index is 0.120. The van der Waals surface area contributed by atoms with Crippen LogP contribution in [0.4, 0.5) is 0 Å². The van der Waals surface area contributed by atoms with Crippen molar-refractivity contribution in [2.24, 2.45) is 0 Å². The number of carbonyl (C=O) groups excluding carboxylic acids is 2. The third-order valence-corrected chi connectivity index (χ3v) is 3.82. The summed E-state index contributed by atoms with van der Waals surface area (Å²) in [5.74, 6) is 0.541. The number of amides is 2. The molecule has 0 aliphatic carbocycles. The Labute approximate surface area is 148 Å². The first kappa shape index (κ1) is 18.5. The number of rotatable bonds is 8. The predicted octanol–water partition coefficient (Wildman–Crippen LogP) is 2.81. The molecule has 2 amide bonds. The fourth-order valence-corrected chi connectivity index (χ4v) is 2.44. The molecule has 2 aromatic carbocycles. The Morgan fingerprint density at radius 2 is 1.44 bits per heavy atom. The minimum Gasteiger partial charge on any atom is -0.496 e. The van der Waals surface area contributed by atoms with E-state index in [4.69, 9.17) is 4.74 Å². The Kier molecular flexibility index (Phi) is 7.01. The largest absolute Gasteiger partial charge is 0.496 e. The topological polar surface area (TPSA) is 67.4 Å². The van der Waals surface area contributed by atoms with Crippen molar-refractivity contribution in [2.75, 3.05) is 20.2 Å². The quantitative estimate of drug-likeness (QED) is 0.776. The zero-order valence-electron chi connectivity index (χ0n) is 14.7. The van der Waals surface area contributed by atoms with Gasteiger partial charge in [0.15, 0.2) is 0 Å². The molecule has 5 heteroatoms. The number of ether oxygens (including phenoxy) is 1. The summed E-state index contributed by atoms with van der Waals surface area (Å²) in [5.41, 5.74) is 2.14. The Bertz CT molecular complexity index is 711. The van der Waals surface area contributed by atoms with Gasteiger partial charge in [0.1, 0.15) is 5.75 Å². The second-order valence-corrected chi connectivity index (χ2v) is 5.65. The summed E-state index contributed by atoms with van der Waals surface area (Å²) in [6.07, 6.45) is 1.58. The molecule has 0 bridgehead atoms. The van der Waals surface area contributed by atoms with Crippen molar-refractivity contribution in [2.45, 2.75) is 19.8 Å². The second-order valence-electron chi connectivity index (χ2n) is 5.65. The first-order valence-corrected chi connectivity index (χ1v) is 8.44. The van der Waals surface area contributed by atoms with Crippen LogP contribution in [0.3, 0.4) is 0 Å². The standard InChI is InChI=1S/C20H24N2O3/c1-3-13-21-19(23)16-8-10-17(11-9-16)20(24)22-14-12-15-6-4-5-7-18(15)25-2/h4-11H,3,12-14H2,1-2H3,(H,21,23)(H,22,24). The fourth-order valence-electron chi connectivity index (χ4n) is 2.44. The maximum absolute atomic E-state index is 12.2. The average Bonchev–Trinajstić information content (AvgIpc) is 2.66. The zero-order valence-corrected chi connectivity index (χ0v) is 14.7. The average molecular weight is 340 g/mol. The molecule has 25 heavy (non-hydrogen) atoms. The maximum Gasteiger partial charge on any atom is 0.251 e. The number of carbonyl (C=O) groups is 2. The molecular formula is C20H24N2O3. The maximum atomic E-state index is 12.2. The summed E-state index contributed by atoms with van der Waals surface area (Å²) in [6.45, 7) is 3.15. The van der Waals surface area contributed by atoms with Gasteiger partial charge in [0.25, 0.3) is 11.8 Å². The van der Waals surface area contributed by atoms with Gasteiger partial charge in [0.05, 0.1) is 7.11 Å². The second kappa shape index (κ2) is 9.47. The smallest absolute Gasteiger partial charge is 0.251 e. The molecule has 2 N–H and O–H groups in total. The van der Waals surface area contributed by atoms with Gasteiger partial charge >= 0.3 is 0 Å². The van der Waals surface area contributed by atoms with Gasteiger partial charge in [-0.05, 0) is 48.7 Å². The van der Waals surface area contributed by atoms with E-state index in [9.17, 15) is 9.59 Å². The third-order valence-electron chi connectivity index (χ3n) is 3.82. The number of hydrogen-bond donors (Lipinski definition) is 2. The van der Waals surface area contributed by atoms with Gasteiger partial charge in [-0.25, -0.2) is 0 Å². The lowest BCUT2D eigenvalue weighted by Gasteiger charge is -2.09. The van der Waals surface area contributed by atoms with Crippen LogP contribution >= 0.6 is 0 Å². The molecule has 0 fully saturated rings. The summed E-state index contributed by atoms with van der Waals surface area (Å²) in [4.78, 5) is 24.1. The van der Waals surface area contributed by atoms with Gasteiger partial charge in [0.2, 0.25) is 0 Å². The molecule has 132 valence electrons. The van der Waals surface area contributed by atoms with Crippen LogP contribution in [0.5, 0.6) is 5.75 Å². The van der Waals surface area contributed by atoms with Crippen LogP contribution < -0.4 is 15.4 Å². The summed E-state index contributed by atoms with van der Waals surface area (Å²) in [5, 5.41) is 5.70. The summed E-state index contributed by atoms with van der Waals surface area (Å²) in [6, 6.07) is 14.4. The fraction of sp³-hybridized carbons (Fsp3) is 0.300. The molecule has 0 saturated heterocycles. The summed E-state index contributed by atoms with van der Waals surface area (Å²) >= 11 is 0. The molecule has 2 rings (SSSR count). The van der Waals surface area contributed by atoms with Crippen LogP contribution in [0.15, 0.2) is 48.5 Å². The Balaban J connectivity index is 1.87. The lowest BCUT2D eigenvalue weighted by molar-refractivity contribution is 0.0942.